The first kappa shape index (κ1) is 23.3. The summed E-state index contributed by atoms with van der Waals surface area (Å²) < 4.78 is 0. The largest absolute Gasteiger partial charge is 0.394 e. The summed E-state index contributed by atoms with van der Waals surface area (Å²) >= 11 is 0. The fourth-order valence-electron chi connectivity index (χ4n) is 3.04. The van der Waals surface area contributed by atoms with Gasteiger partial charge in [0.15, 0.2) is 0 Å². The summed E-state index contributed by atoms with van der Waals surface area (Å²) in [5.74, 6) is -0.834. The van der Waals surface area contributed by atoms with Crippen LogP contribution in [0.1, 0.15) is 42.9 Å². The molecule has 10 heteroatoms. The molecule has 2 heterocycles. The molecular formula is C20H28N6O4. The van der Waals surface area contributed by atoms with Gasteiger partial charge in [-0.1, -0.05) is 19.9 Å². The molecular weight excluding hydrogens is 388 g/mol. The first-order valence-corrected chi connectivity index (χ1v) is 9.58. The third-order valence-electron chi connectivity index (χ3n) is 4.90. The van der Waals surface area contributed by atoms with Gasteiger partial charge in [0.05, 0.1) is 24.1 Å². The number of hydrogen-bond acceptors (Lipinski definition) is 8. The Kier molecular flexibility index (Phi) is 7.52. The number of aliphatic hydroxyl groups excluding tert-OH is 2. The van der Waals surface area contributed by atoms with Crippen LogP contribution in [0.3, 0.4) is 0 Å². The van der Waals surface area contributed by atoms with Gasteiger partial charge in [0.1, 0.15) is 17.6 Å². The molecule has 1 aromatic rings. The van der Waals surface area contributed by atoms with Crippen LogP contribution < -0.4 is 5.32 Å². The zero-order chi connectivity index (χ0) is 22.5. The maximum atomic E-state index is 12.7. The van der Waals surface area contributed by atoms with Crippen LogP contribution in [-0.2, 0) is 4.79 Å². The van der Waals surface area contributed by atoms with Gasteiger partial charge in [-0.05, 0) is 18.6 Å². The van der Waals surface area contributed by atoms with Gasteiger partial charge in [-0.15, -0.1) is 0 Å². The third-order valence-corrected chi connectivity index (χ3v) is 4.90. The number of carbonyl (C=O) groups excluding carboxylic acids is 2. The van der Waals surface area contributed by atoms with Crippen molar-refractivity contribution in [2.75, 3.05) is 20.2 Å². The number of likely N-dealkylation sites (tertiary alicyclic amines) is 1. The lowest BCUT2D eigenvalue weighted by molar-refractivity contribution is -0.131. The van der Waals surface area contributed by atoms with Crippen molar-refractivity contribution in [3.05, 3.63) is 29.6 Å². The topological polar surface area (TPSA) is 163 Å². The normalized spacial score (nSPS) is 17.8. The Labute approximate surface area is 175 Å². The van der Waals surface area contributed by atoms with Crippen molar-refractivity contribution >= 4 is 29.6 Å². The van der Waals surface area contributed by atoms with Crippen LogP contribution in [0.2, 0.25) is 0 Å². The predicted molar refractivity (Wildman–Crippen MR) is 112 cm³/mol. The number of carbonyl (C=O) groups is 2. The second-order valence-corrected chi connectivity index (χ2v) is 7.76. The molecule has 1 aromatic heterocycles. The highest BCUT2D eigenvalue weighted by Gasteiger charge is 2.41. The highest BCUT2D eigenvalue weighted by Crippen LogP contribution is 2.30. The summed E-state index contributed by atoms with van der Waals surface area (Å²) in [4.78, 5) is 34.6. The van der Waals surface area contributed by atoms with Gasteiger partial charge < -0.3 is 20.9 Å². The molecule has 10 nitrogen and oxygen atoms in total. The van der Waals surface area contributed by atoms with Crippen LogP contribution in [0.5, 0.6) is 0 Å². The molecule has 0 spiro atoms. The number of amidine groups is 1. The molecule has 2 amide bonds. The van der Waals surface area contributed by atoms with E-state index >= 15 is 0 Å². The fourth-order valence-corrected chi connectivity index (χ4v) is 3.04. The number of nitrogens with one attached hydrogen (secondary N) is 3. The maximum absolute atomic E-state index is 12.7. The van der Waals surface area contributed by atoms with E-state index in [1.807, 2.05) is 13.8 Å². The number of pyridine rings is 1. The van der Waals surface area contributed by atoms with Crippen LogP contribution >= 0.6 is 0 Å². The van der Waals surface area contributed by atoms with Gasteiger partial charge in [-0.2, -0.15) is 0 Å². The first-order chi connectivity index (χ1) is 14.1. The summed E-state index contributed by atoms with van der Waals surface area (Å²) in [6.45, 7) is 3.56. The average molecular weight is 416 g/mol. The molecule has 0 aliphatic carbocycles. The summed E-state index contributed by atoms with van der Waals surface area (Å²) in [6, 6.07) is 3.63. The van der Waals surface area contributed by atoms with Crippen LogP contribution in [0.15, 0.2) is 23.2 Å². The summed E-state index contributed by atoms with van der Waals surface area (Å²) in [5.41, 5.74) is -0.358. The van der Waals surface area contributed by atoms with Crippen LogP contribution in [-0.4, -0.2) is 82.0 Å². The van der Waals surface area contributed by atoms with Crippen molar-refractivity contribution in [3.63, 3.8) is 0 Å². The lowest BCUT2D eigenvalue weighted by Gasteiger charge is -2.24. The van der Waals surface area contributed by atoms with E-state index in [0.717, 1.165) is 0 Å². The summed E-state index contributed by atoms with van der Waals surface area (Å²) in [7, 11) is 1.51. The maximum Gasteiger partial charge on any atom is 0.270 e. The Bertz CT molecular complexity index is 867. The first-order valence-electron chi connectivity index (χ1n) is 9.58. The van der Waals surface area contributed by atoms with Gasteiger partial charge in [-0.25, -0.2) is 4.98 Å². The van der Waals surface area contributed by atoms with Crippen LogP contribution in [0.4, 0.5) is 0 Å². The molecule has 0 aromatic carbocycles. The van der Waals surface area contributed by atoms with E-state index in [2.05, 4.69) is 15.3 Å². The van der Waals surface area contributed by atoms with E-state index in [1.54, 1.807) is 6.07 Å². The van der Waals surface area contributed by atoms with E-state index in [0.29, 0.717) is 13.0 Å². The van der Waals surface area contributed by atoms with Crippen molar-refractivity contribution in [2.45, 2.75) is 38.8 Å². The molecule has 162 valence electrons. The van der Waals surface area contributed by atoms with E-state index < -0.39 is 30.1 Å². The van der Waals surface area contributed by atoms with E-state index in [1.165, 1.54) is 30.3 Å². The second-order valence-electron chi connectivity index (χ2n) is 7.76. The number of aromatic nitrogens is 1. The van der Waals surface area contributed by atoms with Crippen molar-refractivity contribution < 1.29 is 19.8 Å². The predicted octanol–water partition coefficient (Wildman–Crippen LogP) is 0.228. The molecule has 2 unspecified atom stereocenters. The Balaban J connectivity index is 2.16. The average Bonchev–Trinajstić information content (AvgIpc) is 2.99. The van der Waals surface area contributed by atoms with Gasteiger partial charge in [0.2, 0.25) is 5.91 Å². The van der Waals surface area contributed by atoms with Gasteiger partial charge >= 0.3 is 0 Å². The number of hydrogen-bond donors (Lipinski definition) is 5. The van der Waals surface area contributed by atoms with Gasteiger partial charge in [0, 0.05) is 31.6 Å². The Morgan fingerprint density at radius 3 is 2.63 bits per heavy atom. The van der Waals surface area contributed by atoms with E-state index in [9.17, 15) is 14.7 Å². The molecule has 2 rings (SSSR count). The molecule has 5 N–H and O–H groups in total. The number of amides is 2. The molecule has 0 radical (unpaired) electrons. The Morgan fingerprint density at radius 2 is 2.07 bits per heavy atom. The summed E-state index contributed by atoms with van der Waals surface area (Å²) in [5, 5.41) is 37.5. The highest BCUT2D eigenvalue weighted by atomic mass is 16.3. The lowest BCUT2D eigenvalue weighted by Crippen LogP contribution is -2.50. The van der Waals surface area contributed by atoms with Crippen molar-refractivity contribution in [3.8, 4) is 0 Å². The molecule has 1 aliphatic heterocycles. The number of aliphatic imine (C=N–C) groups is 1. The SMILES string of the molecule is CN=CC(NC(=O)c1cccc(C(=N)CC(O)CO)n1)C(=N)N1CCC(C)(C)C1=O. The van der Waals surface area contributed by atoms with Crippen LogP contribution in [0.25, 0.3) is 0 Å². The zero-order valence-corrected chi connectivity index (χ0v) is 17.3. The molecule has 1 aliphatic rings. The summed E-state index contributed by atoms with van der Waals surface area (Å²) in [6.07, 6.45) is 0.813. The van der Waals surface area contributed by atoms with Crippen molar-refractivity contribution in [2.24, 2.45) is 10.4 Å². The minimum absolute atomic E-state index is 0.0180. The Hall–Kier alpha value is -2.98. The molecule has 0 bridgehead atoms. The fraction of sp³-hybridized carbons (Fsp3) is 0.500. The smallest absolute Gasteiger partial charge is 0.270 e. The number of rotatable bonds is 8. The van der Waals surface area contributed by atoms with Crippen molar-refractivity contribution in [1.29, 1.82) is 10.8 Å². The van der Waals surface area contributed by atoms with Gasteiger partial charge in [0.25, 0.3) is 5.91 Å². The highest BCUT2D eigenvalue weighted by molar-refractivity contribution is 6.11. The molecule has 30 heavy (non-hydrogen) atoms. The quantitative estimate of drug-likeness (QED) is 0.302. The lowest BCUT2D eigenvalue weighted by atomic mass is 9.92. The standard InChI is InChI=1S/C20H28N6O4/c1-20(2)7-8-26(19(20)30)17(22)16(10-23-3)25-18(29)15-6-4-5-14(24-15)13(21)9-12(28)11-27/h4-6,10,12,16,21-22,27-28H,7-9,11H2,1-3H3,(H,25,29). The van der Waals surface area contributed by atoms with E-state index in [-0.39, 0.29) is 35.3 Å². The van der Waals surface area contributed by atoms with Crippen LogP contribution in [0, 0.1) is 16.2 Å². The molecule has 1 saturated heterocycles. The van der Waals surface area contributed by atoms with Crippen molar-refractivity contribution in [1.82, 2.24) is 15.2 Å². The second kappa shape index (κ2) is 9.68. The minimum Gasteiger partial charge on any atom is -0.394 e. The number of nitrogens with zero attached hydrogens (tertiary/aromatic N) is 3. The third kappa shape index (κ3) is 5.33. The minimum atomic E-state index is -1.08. The number of aliphatic hydroxyl groups is 2. The molecule has 2 atom stereocenters. The zero-order valence-electron chi connectivity index (χ0n) is 17.3. The molecule has 0 saturated carbocycles. The van der Waals surface area contributed by atoms with E-state index in [4.69, 9.17) is 15.9 Å². The van der Waals surface area contributed by atoms with Gasteiger partial charge in [-0.3, -0.25) is 24.9 Å². The molecule has 1 fully saturated rings. The Morgan fingerprint density at radius 1 is 1.40 bits per heavy atom. The monoisotopic (exact) mass is 416 g/mol.